The van der Waals surface area contributed by atoms with Gasteiger partial charge in [0.25, 0.3) is 0 Å². The lowest BCUT2D eigenvalue weighted by atomic mass is 10.1. The first-order valence-electron chi connectivity index (χ1n) is 8.41. The molecule has 0 radical (unpaired) electrons. The van der Waals surface area contributed by atoms with Crippen LogP contribution in [0.25, 0.3) is 10.9 Å². The van der Waals surface area contributed by atoms with Crippen molar-refractivity contribution in [3.8, 4) is 0 Å². The highest BCUT2D eigenvalue weighted by atomic mass is 32.2. The van der Waals surface area contributed by atoms with Gasteiger partial charge in [0, 0.05) is 30.3 Å². The van der Waals surface area contributed by atoms with Crippen molar-refractivity contribution in [2.75, 3.05) is 24.2 Å². The molecule has 0 saturated carbocycles. The van der Waals surface area contributed by atoms with E-state index in [1.165, 1.54) is 12.7 Å². The van der Waals surface area contributed by atoms with Crippen molar-refractivity contribution in [2.45, 2.75) is 43.2 Å². The molecule has 1 aromatic heterocycles. The van der Waals surface area contributed by atoms with Crippen LogP contribution in [0.3, 0.4) is 0 Å². The molecule has 0 amide bonds. The van der Waals surface area contributed by atoms with Crippen LogP contribution < -0.4 is 10.2 Å². The lowest BCUT2D eigenvalue weighted by molar-refractivity contribution is 0.567. The van der Waals surface area contributed by atoms with Gasteiger partial charge in [-0.15, -0.1) is 0 Å². The second-order valence-electron chi connectivity index (χ2n) is 6.85. The van der Waals surface area contributed by atoms with Crippen molar-refractivity contribution in [3.05, 3.63) is 23.9 Å². The molecule has 6 nitrogen and oxygen atoms in total. The lowest BCUT2D eigenvalue weighted by Gasteiger charge is -2.28. The maximum atomic E-state index is 11.8. The van der Waals surface area contributed by atoms with E-state index in [1.807, 2.05) is 13.0 Å². The quantitative estimate of drug-likeness (QED) is 0.892. The summed E-state index contributed by atoms with van der Waals surface area (Å²) in [5, 5.41) is 4.39. The molecule has 3 heterocycles. The fourth-order valence-electron chi connectivity index (χ4n) is 3.91. The van der Waals surface area contributed by atoms with E-state index in [0.29, 0.717) is 22.5 Å². The summed E-state index contributed by atoms with van der Waals surface area (Å²) < 4.78 is 23.7. The second-order valence-corrected chi connectivity index (χ2v) is 8.86. The summed E-state index contributed by atoms with van der Waals surface area (Å²) in [6.07, 6.45) is 4.65. The highest BCUT2D eigenvalue weighted by Gasteiger charge is 2.36. The molecule has 24 heavy (non-hydrogen) atoms. The van der Waals surface area contributed by atoms with E-state index in [-0.39, 0.29) is 0 Å². The first-order valence-corrected chi connectivity index (χ1v) is 10.3. The minimum Gasteiger partial charge on any atom is -0.334 e. The van der Waals surface area contributed by atoms with Gasteiger partial charge >= 0.3 is 0 Å². The maximum absolute atomic E-state index is 11.8. The third-order valence-electron chi connectivity index (χ3n) is 5.16. The van der Waals surface area contributed by atoms with Crippen molar-refractivity contribution < 1.29 is 8.42 Å². The molecule has 2 atom stereocenters. The SMILES string of the molecule is Cc1nc(N2[C@H]3CCNC[C@@H]2CC3)nc2cc(S(C)(=O)=O)ccc12. The van der Waals surface area contributed by atoms with Gasteiger partial charge in [-0.1, -0.05) is 0 Å². The van der Waals surface area contributed by atoms with Crippen LogP contribution in [0.5, 0.6) is 0 Å². The summed E-state index contributed by atoms with van der Waals surface area (Å²) in [7, 11) is -3.24. The van der Waals surface area contributed by atoms with E-state index in [9.17, 15) is 8.42 Å². The Morgan fingerprint density at radius 2 is 1.96 bits per heavy atom. The van der Waals surface area contributed by atoms with Gasteiger partial charge in [-0.3, -0.25) is 0 Å². The minimum absolute atomic E-state index is 0.305. The molecule has 7 heteroatoms. The Bertz CT molecular complexity index is 883. The van der Waals surface area contributed by atoms with E-state index >= 15 is 0 Å². The summed E-state index contributed by atoms with van der Waals surface area (Å²) >= 11 is 0. The number of rotatable bonds is 2. The molecule has 0 aliphatic carbocycles. The molecule has 2 bridgehead atoms. The number of anilines is 1. The third-order valence-corrected chi connectivity index (χ3v) is 6.27. The van der Waals surface area contributed by atoms with Gasteiger partial charge in [-0.2, -0.15) is 0 Å². The van der Waals surface area contributed by atoms with Crippen LogP contribution in [0.4, 0.5) is 5.95 Å². The van der Waals surface area contributed by atoms with Crippen LogP contribution in [0.1, 0.15) is 25.0 Å². The van der Waals surface area contributed by atoms with Gasteiger partial charge in [-0.05, 0) is 50.9 Å². The minimum atomic E-state index is -3.24. The summed E-state index contributed by atoms with van der Waals surface area (Å²) in [6.45, 7) is 3.95. The van der Waals surface area contributed by atoms with Crippen LogP contribution in [0, 0.1) is 6.92 Å². The Labute approximate surface area is 142 Å². The fraction of sp³-hybridized carbons (Fsp3) is 0.529. The number of fused-ring (bicyclic) bond motifs is 3. The summed E-state index contributed by atoms with van der Waals surface area (Å²) in [6, 6.07) is 6.00. The van der Waals surface area contributed by atoms with Gasteiger partial charge in [0.2, 0.25) is 5.95 Å². The fourth-order valence-corrected chi connectivity index (χ4v) is 4.55. The Morgan fingerprint density at radius 3 is 2.75 bits per heavy atom. The van der Waals surface area contributed by atoms with E-state index in [1.54, 1.807) is 12.1 Å². The molecule has 2 fully saturated rings. The predicted molar refractivity (Wildman–Crippen MR) is 94.2 cm³/mol. The topological polar surface area (TPSA) is 75.2 Å². The molecule has 128 valence electrons. The molecular formula is C17H22N4O2S. The van der Waals surface area contributed by atoms with Crippen LogP contribution >= 0.6 is 0 Å². The lowest BCUT2D eigenvalue weighted by Crippen LogP contribution is -2.39. The second kappa shape index (κ2) is 5.67. The molecular weight excluding hydrogens is 324 g/mol. The molecule has 0 spiro atoms. The summed E-state index contributed by atoms with van der Waals surface area (Å²) in [5.74, 6) is 0.738. The van der Waals surface area contributed by atoms with Crippen molar-refractivity contribution >= 4 is 26.7 Å². The number of nitrogens with one attached hydrogen (secondary N) is 1. The average molecular weight is 346 g/mol. The first-order chi connectivity index (χ1) is 11.4. The zero-order valence-corrected chi connectivity index (χ0v) is 14.8. The molecule has 1 aromatic carbocycles. The predicted octanol–water partition coefficient (Wildman–Crippen LogP) is 1.67. The third kappa shape index (κ3) is 2.65. The number of hydrogen-bond donors (Lipinski definition) is 1. The Kier molecular flexibility index (Phi) is 3.73. The first kappa shape index (κ1) is 15.8. The Balaban J connectivity index is 1.84. The van der Waals surface area contributed by atoms with Gasteiger partial charge in [0.15, 0.2) is 9.84 Å². The number of nitrogens with zero attached hydrogens (tertiary/aromatic N) is 3. The molecule has 1 N–H and O–H groups in total. The maximum Gasteiger partial charge on any atom is 0.226 e. The average Bonchev–Trinajstić information content (AvgIpc) is 2.78. The summed E-state index contributed by atoms with van der Waals surface area (Å²) in [5.41, 5.74) is 1.60. The molecule has 2 aliphatic heterocycles. The van der Waals surface area contributed by atoms with Crippen LogP contribution in [-0.2, 0) is 9.84 Å². The van der Waals surface area contributed by atoms with Crippen molar-refractivity contribution in [3.63, 3.8) is 0 Å². The van der Waals surface area contributed by atoms with Gasteiger partial charge in [-0.25, -0.2) is 18.4 Å². The van der Waals surface area contributed by atoms with Crippen molar-refractivity contribution in [1.29, 1.82) is 0 Å². The van der Waals surface area contributed by atoms with E-state index in [4.69, 9.17) is 9.97 Å². The highest BCUT2D eigenvalue weighted by Crippen LogP contribution is 2.32. The largest absolute Gasteiger partial charge is 0.334 e. The monoisotopic (exact) mass is 346 g/mol. The van der Waals surface area contributed by atoms with Gasteiger partial charge in [0.1, 0.15) is 0 Å². The van der Waals surface area contributed by atoms with Crippen molar-refractivity contribution in [1.82, 2.24) is 15.3 Å². The Hall–Kier alpha value is -1.73. The number of benzene rings is 1. The van der Waals surface area contributed by atoms with Crippen LogP contribution in [-0.4, -0.2) is 49.8 Å². The van der Waals surface area contributed by atoms with E-state index in [2.05, 4.69) is 10.2 Å². The van der Waals surface area contributed by atoms with Crippen LogP contribution in [0.2, 0.25) is 0 Å². The number of sulfone groups is 1. The zero-order valence-electron chi connectivity index (χ0n) is 14.0. The molecule has 0 unspecified atom stereocenters. The normalized spacial score (nSPS) is 24.3. The highest BCUT2D eigenvalue weighted by molar-refractivity contribution is 7.90. The zero-order chi connectivity index (χ0) is 16.9. The van der Waals surface area contributed by atoms with Gasteiger partial charge < -0.3 is 10.2 Å². The number of hydrogen-bond acceptors (Lipinski definition) is 6. The van der Waals surface area contributed by atoms with Gasteiger partial charge in [0.05, 0.1) is 16.1 Å². The molecule has 4 rings (SSSR count). The Morgan fingerprint density at radius 1 is 1.17 bits per heavy atom. The number of aryl methyl sites for hydroxylation is 1. The van der Waals surface area contributed by atoms with Crippen molar-refractivity contribution in [2.24, 2.45) is 0 Å². The molecule has 2 aliphatic rings. The summed E-state index contributed by atoms with van der Waals surface area (Å²) in [4.78, 5) is 12.1. The van der Waals surface area contributed by atoms with E-state index < -0.39 is 9.84 Å². The smallest absolute Gasteiger partial charge is 0.226 e. The number of aromatic nitrogens is 2. The molecule has 2 saturated heterocycles. The van der Waals surface area contributed by atoms with Crippen LogP contribution in [0.15, 0.2) is 23.1 Å². The standard InChI is InChI=1S/C17H22N4O2S/c1-11-15-6-5-14(24(2,22)23)9-16(15)20-17(19-11)21-12-3-4-13(21)10-18-8-7-12/h5-6,9,12-13,18H,3-4,7-8,10H2,1-2H3/t12-,13+/m1/s1. The molecule has 2 aromatic rings. The van der Waals surface area contributed by atoms with E-state index in [0.717, 1.165) is 43.0 Å².